The lowest BCUT2D eigenvalue weighted by atomic mass is 9.45. The predicted molar refractivity (Wildman–Crippen MR) is 121 cm³/mol. The van der Waals surface area contributed by atoms with Crippen LogP contribution in [0.1, 0.15) is 45.2 Å². The molecule has 2 N–H and O–H groups in total. The van der Waals surface area contributed by atoms with Gasteiger partial charge in [0.25, 0.3) is 5.56 Å². The Morgan fingerprint density at radius 1 is 1.29 bits per heavy atom. The van der Waals surface area contributed by atoms with Crippen molar-refractivity contribution in [3.8, 4) is 0 Å². The van der Waals surface area contributed by atoms with Gasteiger partial charge in [0, 0.05) is 18.4 Å². The molecular weight excluding hydrogens is 471 g/mol. The first-order chi connectivity index (χ1) is 15.9. The Morgan fingerprint density at radius 2 is 1.97 bits per heavy atom. The topological polar surface area (TPSA) is 88.9 Å². The summed E-state index contributed by atoms with van der Waals surface area (Å²) >= 11 is 6.27. The number of nitrogens with one attached hydrogen (secondary N) is 2. The van der Waals surface area contributed by atoms with Gasteiger partial charge in [-0.3, -0.25) is 14.6 Å². The quantitative estimate of drug-likeness (QED) is 0.624. The first-order valence-electron chi connectivity index (χ1n) is 11.2. The molecule has 0 saturated heterocycles. The summed E-state index contributed by atoms with van der Waals surface area (Å²) < 4.78 is 41.2. The van der Waals surface area contributed by atoms with Crippen molar-refractivity contribution >= 4 is 23.2 Å². The minimum absolute atomic E-state index is 0.141. The van der Waals surface area contributed by atoms with E-state index in [1.54, 1.807) is 0 Å². The van der Waals surface area contributed by atoms with Crippen molar-refractivity contribution in [2.24, 2.45) is 23.2 Å². The number of hydrogen-bond donors (Lipinski definition) is 2. The van der Waals surface area contributed by atoms with E-state index in [9.17, 15) is 22.8 Å². The summed E-state index contributed by atoms with van der Waals surface area (Å²) in [5.41, 5.74) is -0.245. The SMILES string of the molecule is C[C@@H]1[C@H]2C[C@@H](C[C@H]1Nc1cnn(CC(=O)NC(c3ccncc3)C(F)(F)F)c(=O)c1Cl)C2(C)C. The predicted octanol–water partition coefficient (Wildman–Crippen LogP) is 4.19. The fourth-order valence-corrected chi connectivity index (χ4v) is 5.67. The van der Waals surface area contributed by atoms with Crippen LogP contribution in [0.15, 0.2) is 35.5 Å². The molecule has 2 bridgehead atoms. The van der Waals surface area contributed by atoms with Gasteiger partial charge < -0.3 is 10.6 Å². The molecule has 1 amide bonds. The summed E-state index contributed by atoms with van der Waals surface area (Å²) in [7, 11) is 0. The van der Waals surface area contributed by atoms with Crippen molar-refractivity contribution < 1.29 is 18.0 Å². The lowest BCUT2D eigenvalue weighted by molar-refractivity contribution is -0.163. The van der Waals surface area contributed by atoms with Crippen LogP contribution in [0.5, 0.6) is 0 Å². The zero-order valence-electron chi connectivity index (χ0n) is 19.1. The van der Waals surface area contributed by atoms with Crippen LogP contribution in [0.4, 0.5) is 18.9 Å². The average Bonchev–Trinajstić information content (AvgIpc) is 2.77. The summed E-state index contributed by atoms with van der Waals surface area (Å²) in [4.78, 5) is 28.8. The van der Waals surface area contributed by atoms with E-state index in [4.69, 9.17) is 11.6 Å². The average molecular weight is 498 g/mol. The summed E-state index contributed by atoms with van der Waals surface area (Å²) in [6.45, 7) is 6.07. The molecule has 5 atom stereocenters. The lowest BCUT2D eigenvalue weighted by Crippen LogP contribution is -2.58. The number of amides is 1. The molecule has 0 aromatic carbocycles. The van der Waals surface area contributed by atoms with Crippen LogP contribution in [0.3, 0.4) is 0 Å². The first kappa shape index (κ1) is 24.5. The Hall–Kier alpha value is -2.62. The Bertz CT molecular complexity index is 1120. The minimum Gasteiger partial charge on any atom is -0.379 e. The molecule has 34 heavy (non-hydrogen) atoms. The van der Waals surface area contributed by atoms with Crippen LogP contribution in [-0.4, -0.2) is 32.9 Å². The van der Waals surface area contributed by atoms with Crippen LogP contribution in [0.25, 0.3) is 0 Å². The molecule has 7 nitrogen and oxygen atoms in total. The Morgan fingerprint density at radius 3 is 2.56 bits per heavy atom. The van der Waals surface area contributed by atoms with Crippen molar-refractivity contribution in [3.05, 3.63) is 51.7 Å². The van der Waals surface area contributed by atoms with Gasteiger partial charge in [-0.25, -0.2) is 4.68 Å². The van der Waals surface area contributed by atoms with Gasteiger partial charge in [0.2, 0.25) is 5.91 Å². The van der Waals surface area contributed by atoms with Gasteiger partial charge in [0.05, 0.1) is 11.9 Å². The Balaban J connectivity index is 1.45. The number of alkyl halides is 3. The smallest absolute Gasteiger partial charge is 0.379 e. The van der Waals surface area contributed by atoms with Crippen LogP contribution in [0, 0.1) is 23.2 Å². The highest BCUT2D eigenvalue weighted by molar-refractivity contribution is 6.32. The molecular formula is C23H27ClF3N5O2. The second-order valence-electron chi connectivity index (χ2n) is 9.86. The number of anilines is 1. The fraction of sp³-hybridized carbons (Fsp3) is 0.565. The number of rotatable bonds is 6. The van der Waals surface area contributed by atoms with E-state index in [0.29, 0.717) is 28.9 Å². The maximum absolute atomic E-state index is 13.5. The summed E-state index contributed by atoms with van der Waals surface area (Å²) in [6.07, 6.45) is 1.19. The minimum atomic E-state index is -4.73. The molecule has 2 aromatic heterocycles. The third-order valence-corrected chi connectivity index (χ3v) is 8.01. The van der Waals surface area contributed by atoms with E-state index < -0.39 is 30.2 Å². The molecule has 3 aliphatic carbocycles. The Labute approximate surface area is 200 Å². The second kappa shape index (κ2) is 8.87. The van der Waals surface area contributed by atoms with Gasteiger partial charge in [-0.15, -0.1) is 0 Å². The van der Waals surface area contributed by atoms with E-state index in [2.05, 4.69) is 36.2 Å². The normalized spacial score (nSPS) is 26.3. The fourth-order valence-electron chi connectivity index (χ4n) is 5.47. The number of nitrogens with zero attached hydrogens (tertiary/aromatic N) is 3. The van der Waals surface area contributed by atoms with Crippen molar-refractivity contribution in [3.63, 3.8) is 0 Å². The summed E-state index contributed by atoms with van der Waals surface area (Å²) in [5.74, 6) is 0.552. The molecule has 11 heteroatoms. The van der Waals surface area contributed by atoms with Gasteiger partial charge in [-0.05, 0) is 53.7 Å². The highest BCUT2D eigenvalue weighted by Gasteiger charge is 2.56. The largest absolute Gasteiger partial charge is 0.412 e. The zero-order chi connectivity index (χ0) is 24.8. The number of pyridine rings is 1. The molecule has 0 radical (unpaired) electrons. The lowest BCUT2D eigenvalue weighted by Gasteiger charge is -2.62. The van der Waals surface area contributed by atoms with Crippen LogP contribution in [-0.2, 0) is 11.3 Å². The van der Waals surface area contributed by atoms with E-state index in [-0.39, 0.29) is 16.6 Å². The van der Waals surface area contributed by atoms with Gasteiger partial charge in [0.1, 0.15) is 11.6 Å². The molecule has 2 aromatic rings. The number of carbonyl (C=O) groups excluding carboxylic acids is 1. The molecule has 3 fully saturated rings. The van der Waals surface area contributed by atoms with Crippen LogP contribution >= 0.6 is 11.6 Å². The zero-order valence-corrected chi connectivity index (χ0v) is 19.8. The van der Waals surface area contributed by atoms with Crippen molar-refractivity contribution in [2.75, 3.05) is 5.32 Å². The first-order valence-corrected chi connectivity index (χ1v) is 11.6. The van der Waals surface area contributed by atoms with Crippen molar-refractivity contribution in [1.29, 1.82) is 0 Å². The molecule has 0 spiro atoms. The monoisotopic (exact) mass is 497 g/mol. The molecule has 5 rings (SSSR count). The van der Waals surface area contributed by atoms with Gasteiger partial charge in [0.15, 0.2) is 6.04 Å². The number of fused-ring (bicyclic) bond motifs is 2. The molecule has 0 aliphatic heterocycles. The van der Waals surface area contributed by atoms with Crippen molar-refractivity contribution in [1.82, 2.24) is 20.1 Å². The third kappa shape index (κ3) is 4.52. The van der Waals surface area contributed by atoms with E-state index in [1.165, 1.54) is 25.0 Å². The Kier molecular flexibility index (Phi) is 6.39. The third-order valence-electron chi connectivity index (χ3n) is 7.65. The molecule has 184 valence electrons. The molecule has 1 unspecified atom stereocenters. The molecule has 3 saturated carbocycles. The number of aromatic nitrogens is 3. The van der Waals surface area contributed by atoms with Gasteiger partial charge in [-0.2, -0.15) is 18.3 Å². The summed E-state index contributed by atoms with van der Waals surface area (Å²) in [5, 5.41) is 9.08. The van der Waals surface area contributed by atoms with E-state index in [0.717, 1.165) is 23.2 Å². The van der Waals surface area contributed by atoms with Gasteiger partial charge in [-0.1, -0.05) is 32.4 Å². The number of halogens is 4. The second-order valence-corrected chi connectivity index (χ2v) is 10.2. The van der Waals surface area contributed by atoms with Crippen LogP contribution in [0.2, 0.25) is 5.02 Å². The summed E-state index contributed by atoms with van der Waals surface area (Å²) in [6, 6.07) is 0.232. The highest BCUT2D eigenvalue weighted by Crippen LogP contribution is 2.61. The maximum atomic E-state index is 13.5. The van der Waals surface area contributed by atoms with Gasteiger partial charge >= 0.3 is 6.18 Å². The maximum Gasteiger partial charge on any atom is 0.412 e. The number of carbonyl (C=O) groups is 1. The standard InChI is InChI=1S/C23H27ClF3N5O2/c1-12-15-8-14(22(15,2)3)9-16(12)30-17-10-29-32(21(34)19(17)24)11-18(33)31-20(23(25,26)27)13-4-6-28-7-5-13/h4-7,10,12,14-16,20,30H,8-9,11H2,1-3H3,(H,31,33)/t12-,14+,15-,16-,20?/m1/s1. The van der Waals surface area contributed by atoms with Crippen molar-refractivity contribution in [2.45, 2.75) is 58.4 Å². The van der Waals surface area contributed by atoms with E-state index >= 15 is 0 Å². The highest BCUT2D eigenvalue weighted by atomic mass is 35.5. The van der Waals surface area contributed by atoms with E-state index in [1.807, 2.05) is 5.32 Å². The molecule has 3 aliphatic rings. The number of hydrogen-bond acceptors (Lipinski definition) is 5. The van der Waals surface area contributed by atoms with Crippen LogP contribution < -0.4 is 16.2 Å². The molecule has 2 heterocycles.